The van der Waals surface area contributed by atoms with E-state index in [1.807, 2.05) is 18.2 Å². The summed E-state index contributed by atoms with van der Waals surface area (Å²) in [5, 5.41) is 0. The van der Waals surface area contributed by atoms with Crippen LogP contribution in [0.3, 0.4) is 0 Å². The number of rotatable bonds is 3. The van der Waals surface area contributed by atoms with Gasteiger partial charge in [-0.2, -0.15) is 0 Å². The Hall–Kier alpha value is -3.12. The number of piperidine rings is 4. The number of nitrogens with zero attached hydrogens (tertiary/aromatic N) is 2. The number of carbonyl (C=O) groups excluding carboxylic acids is 2. The molecule has 2 aromatic rings. The van der Waals surface area contributed by atoms with Gasteiger partial charge in [-0.3, -0.25) is 9.69 Å². The van der Waals surface area contributed by atoms with E-state index in [4.69, 9.17) is 9.47 Å². The van der Waals surface area contributed by atoms with Gasteiger partial charge >= 0.3 is 11.9 Å². The second-order valence-corrected chi connectivity index (χ2v) is 10.8. The molecule has 0 radical (unpaired) electrons. The number of ether oxygens (including phenoxy) is 2. The van der Waals surface area contributed by atoms with Gasteiger partial charge < -0.3 is 14.4 Å². The fraction of sp³-hybridized carbons (Fsp3) is 0.448. The molecule has 1 unspecified atom stereocenters. The molecule has 2 aromatic carbocycles. The number of methoxy groups -OCH3 is 1. The van der Waals surface area contributed by atoms with E-state index in [2.05, 4.69) is 54.1 Å². The molecule has 6 nitrogen and oxygen atoms in total. The maximum Gasteiger partial charge on any atom is 0.338 e. The average Bonchev–Trinajstić information content (AvgIpc) is 3.30. The monoisotopic (exact) mass is 470 g/mol. The molecule has 4 saturated heterocycles. The van der Waals surface area contributed by atoms with Crippen molar-refractivity contribution in [1.82, 2.24) is 4.90 Å². The van der Waals surface area contributed by atoms with E-state index in [0.717, 1.165) is 19.4 Å². The first-order valence-corrected chi connectivity index (χ1v) is 12.6. The van der Waals surface area contributed by atoms with E-state index in [-0.39, 0.29) is 36.0 Å². The molecule has 1 saturated carbocycles. The SMILES string of the molecule is CC=C1CN2[C@H]3C[C@@]45c6ccccc6N(C)[C@@H]4[C@@H]2C[C@@H]1[C@]3(C(=O)OC)[C@H]5OC(=O)c1ccccc1. The predicted molar refractivity (Wildman–Crippen MR) is 131 cm³/mol. The number of para-hydroxylation sites is 1. The van der Waals surface area contributed by atoms with Crippen LogP contribution in [0, 0.1) is 11.3 Å². The van der Waals surface area contributed by atoms with Crippen LogP contribution in [0.1, 0.15) is 35.7 Å². The molecular weight excluding hydrogens is 440 g/mol. The third-order valence-electron chi connectivity index (χ3n) is 9.92. The third-order valence-corrected chi connectivity index (χ3v) is 9.92. The fourth-order valence-corrected chi connectivity index (χ4v) is 8.89. The average molecular weight is 471 g/mol. The summed E-state index contributed by atoms with van der Waals surface area (Å²) in [4.78, 5) is 32.6. The third kappa shape index (κ3) is 2.25. The summed E-state index contributed by atoms with van der Waals surface area (Å²) >= 11 is 0. The molecule has 0 N–H and O–H groups in total. The Labute approximate surface area is 205 Å². The minimum Gasteiger partial charge on any atom is -0.468 e. The van der Waals surface area contributed by atoms with Crippen molar-refractivity contribution in [3.8, 4) is 0 Å². The molecule has 180 valence electrons. The summed E-state index contributed by atoms with van der Waals surface area (Å²) in [6.07, 6.45) is 3.20. The number of hydrogen-bond acceptors (Lipinski definition) is 6. The summed E-state index contributed by atoms with van der Waals surface area (Å²) in [6, 6.07) is 18.0. The van der Waals surface area contributed by atoms with Crippen LogP contribution in [0.5, 0.6) is 0 Å². The highest BCUT2D eigenvalue weighted by Crippen LogP contribution is 2.73. The zero-order chi connectivity index (χ0) is 24.1. The van der Waals surface area contributed by atoms with Crippen molar-refractivity contribution in [1.29, 1.82) is 0 Å². The lowest BCUT2D eigenvalue weighted by Gasteiger charge is -2.61. The molecule has 1 spiro atoms. The van der Waals surface area contributed by atoms with E-state index in [9.17, 15) is 9.59 Å². The molecule has 0 aromatic heterocycles. The van der Waals surface area contributed by atoms with Gasteiger partial charge in [0.25, 0.3) is 0 Å². The lowest BCUT2D eigenvalue weighted by Crippen LogP contribution is -2.71. The van der Waals surface area contributed by atoms with Crippen LogP contribution in [0.2, 0.25) is 0 Å². The first kappa shape index (κ1) is 21.2. The van der Waals surface area contributed by atoms with Crippen molar-refractivity contribution in [3.63, 3.8) is 0 Å². The van der Waals surface area contributed by atoms with Crippen molar-refractivity contribution >= 4 is 17.6 Å². The van der Waals surface area contributed by atoms with Crippen molar-refractivity contribution < 1.29 is 19.1 Å². The summed E-state index contributed by atoms with van der Waals surface area (Å²) in [5.41, 5.74) is 2.75. The molecule has 35 heavy (non-hydrogen) atoms. The summed E-state index contributed by atoms with van der Waals surface area (Å²) in [5.74, 6) is -0.618. The van der Waals surface area contributed by atoms with Crippen LogP contribution in [-0.2, 0) is 19.7 Å². The standard InChI is InChI=1S/C29H30N2O4/c1-4-17-16-31-22-14-20(17)29(27(33)34-3)23(31)15-28(19-12-8-9-13-21(19)30(2)24(22)28)26(29)35-25(32)18-10-6-5-7-11-18/h4-13,20,22-24,26H,14-16H2,1-3H3/t20-,22-,23-,24+,26-,28+,29+/m0/s1. The van der Waals surface area contributed by atoms with E-state index in [0.29, 0.717) is 5.56 Å². The maximum absolute atomic E-state index is 14.0. The van der Waals surface area contributed by atoms with Crippen LogP contribution in [0.15, 0.2) is 66.2 Å². The van der Waals surface area contributed by atoms with Gasteiger partial charge in [0, 0.05) is 37.3 Å². The Bertz CT molecular complexity index is 1270. The summed E-state index contributed by atoms with van der Waals surface area (Å²) < 4.78 is 12.2. The number of likely N-dealkylation sites (N-methyl/N-ethyl adjacent to an activating group) is 1. The number of allylic oxidation sites excluding steroid dienone is 1. The maximum atomic E-state index is 14.0. The molecule has 5 aliphatic heterocycles. The second kappa shape index (κ2) is 6.97. The Morgan fingerprint density at radius 1 is 1.09 bits per heavy atom. The van der Waals surface area contributed by atoms with Gasteiger partial charge in [-0.25, -0.2) is 4.79 Å². The fourth-order valence-electron chi connectivity index (χ4n) is 8.89. The zero-order valence-corrected chi connectivity index (χ0v) is 20.3. The van der Waals surface area contributed by atoms with Crippen molar-refractivity contribution in [3.05, 3.63) is 77.4 Å². The van der Waals surface area contributed by atoms with Crippen molar-refractivity contribution in [2.24, 2.45) is 11.3 Å². The topological polar surface area (TPSA) is 59.1 Å². The Morgan fingerprint density at radius 3 is 2.57 bits per heavy atom. The van der Waals surface area contributed by atoms with Gasteiger partial charge in [-0.05, 0) is 43.5 Å². The zero-order valence-electron chi connectivity index (χ0n) is 20.3. The number of esters is 2. The molecule has 6 heteroatoms. The van der Waals surface area contributed by atoms with Gasteiger partial charge in [0.05, 0.1) is 24.1 Å². The van der Waals surface area contributed by atoms with Crippen molar-refractivity contribution in [2.75, 3.05) is 25.6 Å². The Kier molecular flexibility index (Phi) is 4.22. The predicted octanol–water partition coefficient (Wildman–Crippen LogP) is 3.56. The highest BCUT2D eigenvalue weighted by Gasteiger charge is 2.84. The largest absolute Gasteiger partial charge is 0.468 e. The first-order valence-electron chi connectivity index (χ1n) is 12.6. The van der Waals surface area contributed by atoms with Crippen molar-refractivity contribution in [2.45, 2.75) is 49.4 Å². The lowest BCUT2D eigenvalue weighted by molar-refractivity contribution is -0.180. The van der Waals surface area contributed by atoms with Gasteiger partial charge in [0.2, 0.25) is 0 Å². The van der Waals surface area contributed by atoms with Gasteiger partial charge in [-0.1, -0.05) is 48.0 Å². The quantitative estimate of drug-likeness (QED) is 0.505. The van der Waals surface area contributed by atoms with Crippen LogP contribution in [0.4, 0.5) is 5.69 Å². The smallest absolute Gasteiger partial charge is 0.338 e. The second-order valence-electron chi connectivity index (χ2n) is 10.8. The van der Waals surface area contributed by atoms with Crippen LogP contribution < -0.4 is 4.90 Å². The molecule has 5 fully saturated rings. The van der Waals surface area contributed by atoms with Crippen LogP contribution >= 0.6 is 0 Å². The molecule has 5 heterocycles. The first-order chi connectivity index (χ1) is 17.0. The molecule has 0 amide bonds. The number of fused-ring (bicyclic) bond motifs is 2. The Morgan fingerprint density at radius 2 is 1.83 bits per heavy atom. The van der Waals surface area contributed by atoms with Gasteiger partial charge in [0.1, 0.15) is 11.5 Å². The molecule has 8 rings (SSSR count). The van der Waals surface area contributed by atoms with E-state index >= 15 is 0 Å². The van der Waals surface area contributed by atoms with E-state index in [1.165, 1.54) is 23.9 Å². The number of anilines is 1. The normalized spacial score (nSPS) is 40.5. The minimum absolute atomic E-state index is 0.000870. The molecule has 1 aliphatic carbocycles. The summed E-state index contributed by atoms with van der Waals surface area (Å²) in [6.45, 7) is 2.92. The highest BCUT2D eigenvalue weighted by molar-refractivity contribution is 5.91. The number of benzene rings is 2. The van der Waals surface area contributed by atoms with Gasteiger partial charge in [0.15, 0.2) is 0 Å². The Balaban J connectivity index is 1.50. The highest BCUT2D eigenvalue weighted by atomic mass is 16.6. The van der Waals surface area contributed by atoms with Crippen LogP contribution in [-0.4, -0.2) is 61.8 Å². The summed E-state index contributed by atoms with van der Waals surface area (Å²) in [7, 11) is 3.64. The van der Waals surface area contributed by atoms with E-state index in [1.54, 1.807) is 12.1 Å². The van der Waals surface area contributed by atoms with Gasteiger partial charge in [-0.15, -0.1) is 0 Å². The minimum atomic E-state index is -0.928. The number of hydrogen-bond donors (Lipinski definition) is 0. The number of carbonyl (C=O) groups is 2. The van der Waals surface area contributed by atoms with Crippen LogP contribution in [0.25, 0.3) is 0 Å². The van der Waals surface area contributed by atoms with E-state index < -0.39 is 16.9 Å². The molecular formula is C29H30N2O4. The molecule has 6 aliphatic rings. The lowest BCUT2D eigenvalue weighted by atomic mass is 9.58. The molecule has 6 bridgehead atoms. The molecule has 8 atom stereocenters.